The van der Waals surface area contributed by atoms with Gasteiger partial charge in [0.25, 0.3) is 0 Å². The number of hydrogen-bond acceptors (Lipinski definition) is 6. The van der Waals surface area contributed by atoms with Crippen LogP contribution in [0.2, 0.25) is 0 Å². The number of nitrogens with one attached hydrogen (secondary N) is 1. The molecule has 28 heavy (non-hydrogen) atoms. The molecule has 0 fully saturated rings. The first-order valence-corrected chi connectivity index (χ1v) is 9.46. The maximum atomic E-state index is 9.60. The number of pyridine rings is 1. The van der Waals surface area contributed by atoms with Crippen molar-refractivity contribution in [2.45, 2.75) is 13.5 Å². The van der Waals surface area contributed by atoms with E-state index in [0.29, 0.717) is 29.8 Å². The molecule has 7 heteroatoms. The number of fused-ring (bicyclic) bond motifs is 1. The smallest absolute Gasteiger partial charge is 0.220 e. The van der Waals surface area contributed by atoms with Crippen LogP contribution in [0.4, 0.5) is 5.82 Å². The SMILES string of the molecule is Cc1nc(NCc2cccc(Br)c2)c2cc(Oc3cccc(O)c3)ncc2n1. The second kappa shape index (κ2) is 7.82. The van der Waals surface area contributed by atoms with Crippen molar-refractivity contribution in [2.24, 2.45) is 0 Å². The van der Waals surface area contributed by atoms with Crippen LogP contribution in [-0.4, -0.2) is 20.1 Å². The molecular weight excluding hydrogens is 420 g/mol. The third kappa shape index (κ3) is 4.20. The van der Waals surface area contributed by atoms with E-state index in [1.807, 2.05) is 25.1 Å². The van der Waals surface area contributed by atoms with E-state index in [4.69, 9.17) is 4.74 Å². The number of benzene rings is 2. The van der Waals surface area contributed by atoms with Crippen molar-refractivity contribution < 1.29 is 9.84 Å². The van der Waals surface area contributed by atoms with Gasteiger partial charge in [0.1, 0.15) is 23.1 Å². The first-order chi connectivity index (χ1) is 13.6. The van der Waals surface area contributed by atoms with Crippen molar-refractivity contribution >= 4 is 32.7 Å². The van der Waals surface area contributed by atoms with Gasteiger partial charge in [-0.3, -0.25) is 0 Å². The Morgan fingerprint density at radius 2 is 1.93 bits per heavy atom. The number of phenolic OH excluding ortho intramolecular Hbond substituents is 1. The minimum absolute atomic E-state index is 0.133. The fraction of sp³-hybridized carbons (Fsp3) is 0.0952. The van der Waals surface area contributed by atoms with E-state index in [0.717, 1.165) is 20.9 Å². The summed E-state index contributed by atoms with van der Waals surface area (Å²) in [5.74, 6) is 2.41. The topological polar surface area (TPSA) is 80.2 Å². The van der Waals surface area contributed by atoms with Crippen LogP contribution in [0, 0.1) is 6.92 Å². The monoisotopic (exact) mass is 436 g/mol. The molecule has 2 heterocycles. The number of phenols is 1. The Kier molecular flexibility index (Phi) is 5.08. The molecule has 0 atom stereocenters. The van der Waals surface area contributed by atoms with E-state index < -0.39 is 0 Å². The molecule has 0 spiro atoms. The first-order valence-electron chi connectivity index (χ1n) is 8.66. The quantitative estimate of drug-likeness (QED) is 0.447. The molecule has 2 aromatic carbocycles. The van der Waals surface area contributed by atoms with Crippen molar-refractivity contribution in [3.8, 4) is 17.4 Å². The third-order valence-electron chi connectivity index (χ3n) is 4.06. The number of nitrogens with zero attached hydrogens (tertiary/aromatic N) is 3. The summed E-state index contributed by atoms with van der Waals surface area (Å²) in [7, 11) is 0. The van der Waals surface area contributed by atoms with E-state index in [9.17, 15) is 5.11 Å². The molecular formula is C21H17BrN4O2. The Labute approximate surface area is 170 Å². The molecule has 0 amide bonds. The van der Waals surface area contributed by atoms with E-state index in [2.05, 4.69) is 42.3 Å². The number of aryl methyl sites for hydroxylation is 1. The lowest BCUT2D eigenvalue weighted by atomic mass is 10.2. The maximum absolute atomic E-state index is 9.60. The summed E-state index contributed by atoms with van der Waals surface area (Å²) in [6.07, 6.45) is 1.66. The Bertz CT molecular complexity index is 1150. The van der Waals surface area contributed by atoms with Gasteiger partial charge in [-0.2, -0.15) is 0 Å². The zero-order valence-electron chi connectivity index (χ0n) is 15.1. The lowest BCUT2D eigenvalue weighted by molar-refractivity contribution is 0.446. The predicted molar refractivity (Wildman–Crippen MR) is 112 cm³/mol. The number of hydrogen-bond donors (Lipinski definition) is 2. The highest BCUT2D eigenvalue weighted by Crippen LogP contribution is 2.28. The highest BCUT2D eigenvalue weighted by Gasteiger charge is 2.09. The standard InChI is InChI=1S/C21H17BrN4O2/c1-13-25-19-12-23-20(28-17-7-3-6-16(27)9-17)10-18(19)21(26-13)24-11-14-4-2-5-15(22)8-14/h2-10,12,27H,11H2,1H3,(H,24,25,26). The third-order valence-corrected chi connectivity index (χ3v) is 4.55. The van der Waals surface area contributed by atoms with E-state index >= 15 is 0 Å². The second-order valence-electron chi connectivity index (χ2n) is 6.24. The normalized spacial score (nSPS) is 10.8. The summed E-state index contributed by atoms with van der Waals surface area (Å²) in [5, 5.41) is 13.8. The van der Waals surface area contributed by atoms with Crippen LogP contribution < -0.4 is 10.1 Å². The van der Waals surface area contributed by atoms with E-state index in [1.165, 1.54) is 6.07 Å². The Morgan fingerprint density at radius 3 is 2.75 bits per heavy atom. The molecule has 0 radical (unpaired) electrons. The molecule has 4 rings (SSSR count). The van der Waals surface area contributed by atoms with Crippen molar-refractivity contribution in [2.75, 3.05) is 5.32 Å². The van der Waals surface area contributed by atoms with Gasteiger partial charge in [0.2, 0.25) is 5.88 Å². The number of rotatable bonds is 5. The van der Waals surface area contributed by atoms with Crippen LogP contribution in [0.1, 0.15) is 11.4 Å². The van der Waals surface area contributed by atoms with Gasteiger partial charge in [-0.05, 0) is 36.8 Å². The number of aromatic hydroxyl groups is 1. The van der Waals surface area contributed by atoms with Crippen LogP contribution in [0.3, 0.4) is 0 Å². The van der Waals surface area contributed by atoms with Crippen LogP contribution in [0.25, 0.3) is 10.9 Å². The Balaban J connectivity index is 1.65. The lowest BCUT2D eigenvalue weighted by Gasteiger charge is -2.11. The molecule has 0 aliphatic rings. The van der Waals surface area contributed by atoms with Crippen LogP contribution in [0.15, 0.2) is 65.3 Å². The van der Waals surface area contributed by atoms with Crippen molar-refractivity contribution in [1.82, 2.24) is 15.0 Å². The minimum Gasteiger partial charge on any atom is -0.508 e. The average molecular weight is 437 g/mol. The van der Waals surface area contributed by atoms with Crippen LogP contribution in [-0.2, 0) is 6.54 Å². The summed E-state index contributed by atoms with van der Waals surface area (Å²) in [5.41, 5.74) is 1.86. The molecule has 4 aromatic rings. The van der Waals surface area contributed by atoms with Gasteiger partial charge >= 0.3 is 0 Å². The minimum atomic E-state index is 0.133. The molecule has 0 unspecified atom stereocenters. The molecule has 140 valence electrons. The van der Waals surface area contributed by atoms with E-state index in [1.54, 1.807) is 30.5 Å². The van der Waals surface area contributed by atoms with Crippen molar-refractivity contribution in [3.63, 3.8) is 0 Å². The summed E-state index contributed by atoms with van der Waals surface area (Å²) in [6, 6.07) is 16.5. The molecule has 0 saturated carbocycles. The Hall–Kier alpha value is -3.19. The fourth-order valence-corrected chi connectivity index (χ4v) is 3.27. The van der Waals surface area contributed by atoms with Crippen LogP contribution in [0.5, 0.6) is 17.4 Å². The highest BCUT2D eigenvalue weighted by atomic mass is 79.9. The summed E-state index contributed by atoms with van der Waals surface area (Å²) < 4.78 is 6.80. The maximum Gasteiger partial charge on any atom is 0.220 e. The van der Waals surface area contributed by atoms with E-state index in [-0.39, 0.29) is 5.75 Å². The van der Waals surface area contributed by atoms with Gasteiger partial charge in [0, 0.05) is 28.5 Å². The molecule has 0 bridgehead atoms. The average Bonchev–Trinajstić information content (AvgIpc) is 2.66. The molecule has 2 N–H and O–H groups in total. The fourth-order valence-electron chi connectivity index (χ4n) is 2.82. The molecule has 0 aliphatic heterocycles. The van der Waals surface area contributed by atoms with Crippen LogP contribution >= 0.6 is 15.9 Å². The molecule has 2 aromatic heterocycles. The zero-order chi connectivity index (χ0) is 19.5. The molecule has 0 saturated heterocycles. The number of ether oxygens (including phenoxy) is 1. The largest absolute Gasteiger partial charge is 0.508 e. The Morgan fingerprint density at radius 1 is 1.07 bits per heavy atom. The predicted octanol–water partition coefficient (Wildman–Crippen LogP) is 5.21. The molecule has 0 aliphatic carbocycles. The highest BCUT2D eigenvalue weighted by molar-refractivity contribution is 9.10. The van der Waals surface area contributed by atoms with Gasteiger partial charge < -0.3 is 15.2 Å². The summed E-state index contributed by atoms with van der Waals surface area (Å²) >= 11 is 3.49. The lowest BCUT2D eigenvalue weighted by Crippen LogP contribution is -2.04. The second-order valence-corrected chi connectivity index (χ2v) is 7.16. The first kappa shape index (κ1) is 18.2. The van der Waals surface area contributed by atoms with Gasteiger partial charge in [-0.15, -0.1) is 0 Å². The molecule has 6 nitrogen and oxygen atoms in total. The van der Waals surface area contributed by atoms with Crippen molar-refractivity contribution in [1.29, 1.82) is 0 Å². The van der Waals surface area contributed by atoms with Gasteiger partial charge in [-0.25, -0.2) is 15.0 Å². The zero-order valence-corrected chi connectivity index (χ0v) is 16.6. The summed E-state index contributed by atoms with van der Waals surface area (Å²) in [4.78, 5) is 13.3. The number of aromatic nitrogens is 3. The number of anilines is 1. The van der Waals surface area contributed by atoms with Gasteiger partial charge in [0.15, 0.2) is 0 Å². The summed E-state index contributed by atoms with van der Waals surface area (Å²) in [6.45, 7) is 2.47. The van der Waals surface area contributed by atoms with Gasteiger partial charge in [-0.1, -0.05) is 34.1 Å². The van der Waals surface area contributed by atoms with Crippen molar-refractivity contribution in [3.05, 3.63) is 76.7 Å². The van der Waals surface area contributed by atoms with Gasteiger partial charge in [0.05, 0.1) is 11.7 Å². The number of halogens is 1.